The highest BCUT2D eigenvalue weighted by molar-refractivity contribution is 5.59. The minimum atomic E-state index is -0.227. The zero-order valence-corrected chi connectivity index (χ0v) is 9.93. The molecule has 2 heterocycles. The van der Waals surface area contributed by atoms with Gasteiger partial charge in [-0.2, -0.15) is 0 Å². The number of benzene rings is 1. The average Bonchev–Trinajstić information content (AvgIpc) is 2.72. The molecule has 1 aliphatic heterocycles. The molecular formula is C14H16N2O. The number of hydrogen-bond acceptors (Lipinski definition) is 2. The van der Waals surface area contributed by atoms with Crippen molar-refractivity contribution in [3.63, 3.8) is 0 Å². The van der Waals surface area contributed by atoms with Gasteiger partial charge < -0.3 is 9.67 Å². The van der Waals surface area contributed by atoms with Crippen molar-refractivity contribution >= 4 is 0 Å². The predicted octanol–water partition coefficient (Wildman–Crippen LogP) is 2.17. The zero-order chi connectivity index (χ0) is 11.8. The molecule has 1 atom stereocenters. The molecule has 0 saturated carbocycles. The Labute approximate surface area is 101 Å². The first-order valence-corrected chi connectivity index (χ1v) is 6.03. The highest BCUT2D eigenvalue weighted by Gasteiger charge is 2.18. The zero-order valence-electron chi connectivity index (χ0n) is 9.93. The van der Waals surface area contributed by atoms with Gasteiger partial charge in [0.25, 0.3) is 0 Å². The van der Waals surface area contributed by atoms with E-state index >= 15 is 0 Å². The molecule has 0 bridgehead atoms. The van der Waals surface area contributed by atoms with E-state index in [1.807, 2.05) is 0 Å². The summed E-state index contributed by atoms with van der Waals surface area (Å²) in [4.78, 5) is 4.62. The van der Waals surface area contributed by atoms with Gasteiger partial charge in [0.1, 0.15) is 5.82 Å². The number of imidazole rings is 1. The van der Waals surface area contributed by atoms with E-state index < -0.39 is 0 Å². The summed E-state index contributed by atoms with van der Waals surface area (Å²) in [6.45, 7) is 2.96. The van der Waals surface area contributed by atoms with Crippen LogP contribution in [-0.4, -0.2) is 20.8 Å². The lowest BCUT2D eigenvalue weighted by Gasteiger charge is -2.18. The second kappa shape index (κ2) is 4.00. The first-order valence-electron chi connectivity index (χ1n) is 6.03. The van der Waals surface area contributed by atoms with Crippen molar-refractivity contribution in [2.24, 2.45) is 0 Å². The summed E-state index contributed by atoms with van der Waals surface area (Å²) >= 11 is 0. The molecule has 1 unspecified atom stereocenters. The Morgan fingerprint density at radius 1 is 1.41 bits per heavy atom. The minimum absolute atomic E-state index is 0.227. The van der Waals surface area contributed by atoms with Crippen LogP contribution in [0.1, 0.15) is 17.8 Å². The molecule has 1 aromatic carbocycles. The van der Waals surface area contributed by atoms with Crippen LogP contribution in [0.25, 0.3) is 11.3 Å². The minimum Gasteiger partial charge on any atom is -0.393 e. The van der Waals surface area contributed by atoms with Gasteiger partial charge in [-0.1, -0.05) is 23.8 Å². The predicted molar refractivity (Wildman–Crippen MR) is 66.7 cm³/mol. The number of aliphatic hydroxyl groups is 1. The Morgan fingerprint density at radius 3 is 3.12 bits per heavy atom. The second-order valence-corrected chi connectivity index (χ2v) is 4.75. The van der Waals surface area contributed by atoms with Gasteiger partial charge in [-0.25, -0.2) is 4.98 Å². The average molecular weight is 228 g/mol. The molecular weight excluding hydrogens is 212 g/mol. The van der Waals surface area contributed by atoms with Crippen LogP contribution in [0.15, 0.2) is 30.5 Å². The van der Waals surface area contributed by atoms with Crippen molar-refractivity contribution < 1.29 is 5.11 Å². The maximum Gasteiger partial charge on any atom is 0.112 e. The van der Waals surface area contributed by atoms with E-state index in [4.69, 9.17) is 0 Å². The van der Waals surface area contributed by atoms with E-state index in [0.29, 0.717) is 6.42 Å². The standard InChI is InChI=1S/C14H16N2O/c1-10-3-2-4-11(7-10)13-9-16-6-5-12(17)8-14(16)15-13/h2-4,7,9,12,17H,5-6,8H2,1H3. The molecule has 0 fully saturated rings. The summed E-state index contributed by atoms with van der Waals surface area (Å²) in [6.07, 6.45) is 3.37. The maximum atomic E-state index is 9.63. The van der Waals surface area contributed by atoms with Gasteiger partial charge in [-0.3, -0.25) is 0 Å². The Morgan fingerprint density at radius 2 is 2.29 bits per heavy atom. The van der Waals surface area contributed by atoms with Crippen LogP contribution in [0.4, 0.5) is 0 Å². The lowest BCUT2D eigenvalue weighted by molar-refractivity contribution is 0.141. The van der Waals surface area contributed by atoms with Gasteiger partial charge in [0.15, 0.2) is 0 Å². The molecule has 0 amide bonds. The molecule has 2 aromatic rings. The fourth-order valence-corrected chi connectivity index (χ4v) is 2.36. The van der Waals surface area contributed by atoms with Gasteiger partial charge in [-0.05, 0) is 19.4 Å². The third-order valence-electron chi connectivity index (χ3n) is 3.29. The number of fused-ring (bicyclic) bond motifs is 1. The molecule has 0 saturated heterocycles. The van der Waals surface area contributed by atoms with Crippen LogP contribution < -0.4 is 0 Å². The van der Waals surface area contributed by atoms with Gasteiger partial charge in [0.05, 0.1) is 11.8 Å². The number of aryl methyl sites for hydroxylation is 2. The van der Waals surface area contributed by atoms with Gasteiger partial charge in [-0.15, -0.1) is 0 Å². The molecule has 0 aliphatic carbocycles. The Balaban J connectivity index is 2.00. The second-order valence-electron chi connectivity index (χ2n) is 4.75. The lowest BCUT2D eigenvalue weighted by Crippen LogP contribution is -2.22. The summed E-state index contributed by atoms with van der Waals surface area (Å²) in [5, 5.41) is 9.63. The first kappa shape index (κ1) is 10.5. The highest BCUT2D eigenvalue weighted by Crippen LogP contribution is 2.23. The van der Waals surface area contributed by atoms with E-state index in [9.17, 15) is 5.11 Å². The number of aliphatic hydroxyl groups excluding tert-OH is 1. The van der Waals surface area contributed by atoms with Crippen LogP contribution in [0.2, 0.25) is 0 Å². The van der Waals surface area contributed by atoms with E-state index in [1.54, 1.807) is 0 Å². The third kappa shape index (κ3) is 1.98. The largest absolute Gasteiger partial charge is 0.393 e. The van der Waals surface area contributed by atoms with Crippen LogP contribution in [-0.2, 0) is 13.0 Å². The molecule has 1 aromatic heterocycles. The normalized spacial score (nSPS) is 19.1. The molecule has 3 rings (SSSR count). The Bertz CT molecular complexity index is 545. The quantitative estimate of drug-likeness (QED) is 0.812. The maximum absolute atomic E-state index is 9.63. The lowest BCUT2D eigenvalue weighted by atomic mass is 10.1. The van der Waals surface area contributed by atoms with E-state index in [-0.39, 0.29) is 6.10 Å². The van der Waals surface area contributed by atoms with Crippen molar-refractivity contribution in [3.8, 4) is 11.3 Å². The van der Waals surface area contributed by atoms with E-state index in [1.165, 1.54) is 5.56 Å². The molecule has 1 aliphatic rings. The molecule has 88 valence electrons. The van der Waals surface area contributed by atoms with Crippen LogP contribution in [0.3, 0.4) is 0 Å². The summed E-state index contributed by atoms with van der Waals surface area (Å²) in [7, 11) is 0. The number of hydrogen-bond donors (Lipinski definition) is 1. The van der Waals surface area contributed by atoms with E-state index in [0.717, 1.165) is 30.0 Å². The van der Waals surface area contributed by atoms with Gasteiger partial charge >= 0.3 is 0 Å². The van der Waals surface area contributed by atoms with Crippen LogP contribution in [0.5, 0.6) is 0 Å². The highest BCUT2D eigenvalue weighted by atomic mass is 16.3. The van der Waals surface area contributed by atoms with Crippen LogP contribution in [0, 0.1) is 6.92 Å². The smallest absolute Gasteiger partial charge is 0.112 e. The molecule has 0 radical (unpaired) electrons. The number of nitrogens with zero attached hydrogens (tertiary/aromatic N) is 2. The summed E-state index contributed by atoms with van der Waals surface area (Å²) in [5.41, 5.74) is 3.41. The Kier molecular flexibility index (Phi) is 2.48. The van der Waals surface area contributed by atoms with Crippen molar-refractivity contribution in [1.29, 1.82) is 0 Å². The van der Waals surface area contributed by atoms with E-state index in [2.05, 4.69) is 46.9 Å². The number of aromatic nitrogens is 2. The SMILES string of the molecule is Cc1cccc(-c2cn3c(n2)CC(O)CC3)c1. The van der Waals surface area contributed by atoms with Gasteiger partial charge in [0.2, 0.25) is 0 Å². The summed E-state index contributed by atoms with van der Waals surface area (Å²) in [6, 6.07) is 8.36. The van der Waals surface area contributed by atoms with Crippen molar-refractivity contribution in [1.82, 2.24) is 9.55 Å². The molecule has 17 heavy (non-hydrogen) atoms. The number of rotatable bonds is 1. The molecule has 3 heteroatoms. The van der Waals surface area contributed by atoms with Crippen molar-refractivity contribution in [2.75, 3.05) is 0 Å². The fraction of sp³-hybridized carbons (Fsp3) is 0.357. The molecule has 1 N–H and O–H groups in total. The van der Waals surface area contributed by atoms with Gasteiger partial charge in [0, 0.05) is 24.7 Å². The topological polar surface area (TPSA) is 38.0 Å². The first-order chi connectivity index (χ1) is 8.22. The molecule has 3 nitrogen and oxygen atoms in total. The molecule has 0 spiro atoms. The third-order valence-corrected chi connectivity index (χ3v) is 3.29. The van der Waals surface area contributed by atoms with Crippen molar-refractivity contribution in [3.05, 3.63) is 41.9 Å². The monoisotopic (exact) mass is 228 g/mol. The summed E-state index contributed by atoms with van der Waals surface area (Å²) < 4.78 is 2.16. The van der Waals surface area contributed by atoms with Crippen molar-refractivity contribution in [2.45, 2.75) is 32.4 Å². The summed E-state index contributed by atoms with van der Waals surface area (Å²) in [5.74, 6) is 1.00. The Hall–Kier alpha value is -1.61. The van der Waals surface area contributed by atoms with Crippen LogP contribution >= 0.6 is 0 Å². The fourth-order valence-electron chi connectivity index (χ4n) is 2.36.